The first kappa shape index (κ1) is 20.3. The molecule has 26 heavy (non-hydrogen) atoms. The van der Waals surface area contributed by atoms with Crippen LogP contribution in [0, 0.1) is 5.92 Å². The van der Waals surface area contributed by atoms with Gasteiger partial charge in [0.05, 0.1) is 5.02 Å². The van der Waals surface area contributed by atoms with Crippen LogP contribution in [0.15, 0.2) is 23.3 Å². The maximum Gasteiger partial charge on any atom is 0.243 e. The van der Waals surface area contributed by atoms with Crippen LogP contribution < -0.4 is 15.5 Å². The van der Waals surface area contributed by atoms with Gasteiger partial charge in [-0.3, -0.25) is 4.79 Å². The quantitative estimate of drug-likeness (QED) is 0.579. The van der Waals surface area contributed by atoms with Gasteiger partial charge in [-0.05, 0) is 24.5 Å². The Morgan fingerprint density at radius 3 is 2.92 bits per heavy atom. The average molecular weight is 381 g/mol. The smallest absolute Gasteiger partial charge is 0.243 e. The van der Waals surface area contributed by atoms with Crippen molar-refractivity contribution in [3.8, 4) is 0 Å². The fourth-order valence-electron chi connectivity index (χ4n) is 2.62. The van der Waals surface area contributed by atoms with Crippen molar-refractivity contribution in [3.05, 3.63) is 23.4 Å². The molecule has 2 heterocycles. The van der Waals surface area contributed by atoms with E-state index in [1.807, 2.05) is 12.1 Å². The van der Waals surface area contributed by atoms with E-state index in [1.165, 1.54) is 0 Å². The van der Waals surface area contributed by atoms with Gasteiger partial charge in [-0.25, -0.2) is 9.98 Å². The molecule has 0 radical (unpaired) electrons. The molecule has 1 aromatic rings. The van der Waals surface area contributed by atoms with Crippen molar-refractivity contribution in [2.45, 2.75) is 26.3 Å². The van der Waals surface area contributed by atoms with E-state index in [9.17, 15) is 4.79 Å². The molecule has 2 rings (SSSR count). The van der Waals surface area contributed by atoms with Gasteiger partial charge < -0.3 is 20.4 Å². The molecule has 1 saturated heterocycles. The maximum atomic E-state index is 11.8. The molecule has 1 aromatic heterocycles. The Morgan fingerprint density at radius 1 is 1.50 bits per heavy atom. The van der Waals surface area contributed by atoms with Crippen LogP contribution in [0.3, 0.4) is 0 Å². The zero-order valence-electron chi connectivity index (χ0n) is 16.0. The number of aromatic nitrogens is 1. The highest BCUT2D eigenvalue weighted by atomic mass is 35.5. The third-order valence-electron chi connectivity index (χ3n) is 4.12. The number of hydrogen-bond donors (Lipinski definition) is 2. The summed E-state index contributed by atoms with van der Waals surface area (Å²) < 4.78 is 0. The first-order chi connectivity index (χ1) is 12.4. The molecule has 0 aromatic carbocycles. The van der Waals surface area contributed by atoms with Crippen molar-refractivity contribution in [1.29, 1.82) is 0 Å². The number of likely N-dealkylation sites (N-methyl/N-ethyl adjacent to an activating group) is 1. The number of guanidine groups is 1. The van der Waals surface area contributed by atoms with Crippen LogP contribution in [-0.4, -0.2) is 68.1 Å². The van der Waals surface area contributed by atoms with E-state index in [-0.39, 0.29) is 18.5 Å². The van der Waals surface area contributed by atoms with Crippen LogP contribution in [-0.2, 0) is 4.79 Å². The second-order valence-electron chi connectivity index (χ2n) is 7.11. The molecule has 2 N–H and O–H groups in total. The van der Waals surface area contributed by atoms with Gasteiger partial charge in [-0.1, -0.05) is 25.4 Å². The SMILES string of the molecule is CC(C)CNC(=NCC(=O)N(C)C)NC1CCN(c2ncccc2Cl)C1. The van der Waals surface area contributed by atoms with Gasteiger partial charge in [0.25, 0.3) is 0 Å². The van der Waals surface area contributed by atoms with Crippen molar-refractivity contribution in [2.24, 2.45) is 10.9 Å². The van der Waals surface area contributed by atoms with Gasteiger partial charge >= 0.3 is 0 Å². The predicted octanol–water partition coefficient (Wildman–Crippen LogP) is 1.59. The molecule has 0 aliphatic carbocycles. The fourth-order valence-corrected chi connectivity index (χ4v) is 2.86. The summed E-state index contributed by atoms with van der Waals surface area (Å²) in [7, 11) is 3.47. The monoisotopic (exact) mass is 380 g/mol. The summed E-state index contributed by atoms with van der Waals surface area (Å²) in [5.74, 6) is 1.95. The van der Waals surface area contributed by atoms with Gasteiger partial charge in [0.1, 0.15) is 12.4 Å². The Hall–Kier alpha value is -2.02. The van der Waals surface area contributed by atoms with Crippen LogP contribution in [0.4, 0.5) is 5.82 Å². The number of nitrogens with zero attached hydrogens (tertiary/aromatic N) is 4. The molecule has 1 atom stereocenters. The molecule has 8 heteroatoms. The van der Waals surface area contributed by atoms with E-state index in [0.29, 0.717) is 16.9 Å². The summed E-state index contributed by atoms with van der Waals surface area (Å²) in [6, 6.07) is 3.91. The fraction of sp³-hybridized carbons (Fsp3) is 0.611. The second kappa shape index (κ2) is 9.62. The number of hydrogen-bond acceptors (Lipinski definition) is 4. The Morgan fingerprint density at radius 2 is 2.27 bits per heavy atom. The molecule has 1 fully saturated rings. The molecule has 0 saturated carbocycles. The standard InChI is InChI=1S/C18H29ClN6O/c1-13(2)10-21-18(22-11-16(26)24(3)4)23-14-7-9-25(12-14)17-15(19)6-5-8-20-17/h5-6,8,13-14H,7,9-12H2,1-4H3,(H2,21,22,23). The van der Waals surface area contributed by atoms with Crippen molar-refractivity contribution < 1.29 is 4.79 Å². The normalized spacial score (nSPS) is 17.5. The van der Waals surface area contributed by atoms with Crippen LogP contribution in [0.2, 0.25) is 5.02 Å². The zero-order valence-corrected chi connectivity index (χ0v) is 16.8. The zero-order chi connectivity index (χ0) is 19.1. The minimum atomic E-state index is -0.0241. The van der Waals surface area contributed by atoms with Gasteiger partial charge in [0.2, 0.25) is 5.91 Å². The van der Waals surface area contributed by atoms with Crippen molar-refractivity contribution in [3.63, 3.8) is 0 Å². The number of halogens is 1. The molecule has 0 bridgehead atoms. The highest BCUT2D eigenvalue weighted by Gasteiger charge is 2.25. The number of rotatable bonds is 6. The van der Waals surface area contributed by atoms with E-state index in [2.05, 4.69) is 39.4 Å². The highest BCUT2D eigenvalue weighted by Crippen LogP contribution is 2.25. The van der Waals surface area contributed by atoms with E-state index < -0.39 is 0 Å². The Bertz CT molecular complexity index is 634. The van der Waals surface area contributed by atoms with Crippen LogP contribution in [0.1, 0.15) is 20.3 Å². The van der Waals surface area contributed by atoms with Crippen molar-refractivity contribution in [2.75, 3.05) is 45.2 Å². The van der Waals surface area contributed by atoms with Gasteiger partial charge in [-0.2, -0.15) is 0 Å². The van der Waals surface area contributed by atoms with E-state index in [4.69, 9.17) is 11.6 Å². The van der Waals surface area contributed by atoms with Crippen LogP contribution >= 0.6 is 11.6 Å². The molecule has 1 unspecified atom stereocenters. The lowest BCUT2D eigenvalue weighted by Gasteiger charge is -2.21. The molecule has 144 valence electrons. The molecule has 1 aliphatic rings. The summed E-state index contributed by atoms with van der Waals surface area (Å²) >= 11 is 6.25. The second-order valence-corrected chi connectivity index (χ2v) is 7.52. The summed E-state index contributed by atoms with van der Waals surface area (Å²) in [6.45, 7) is 6.86. The van der Waals surface area contributed by atoms with Crippen molar-refractivity contribution in [1.82, 2.24) is 20.5 Å². The van der Waals surface area contributed by atoms with Gasteiger partial charge in [-0.15, -0.1) is 0 Å². The number of anilines is 1. The number of aliphatic imine (C=N–C) groups is 1. The lowest BCUT2D eigenvalue weighted by atomic mass is 10.2. The molecule has 7 nitrogen and oxygen atoms in total. The first-order valence-corrected chi connectivity index (χ1v) is 9.35. The number of carbonyl (C=O) groups excluding carboxylic acids is 1. The molecule has 0 spiro atoms. The summed E-state index contributed by atoms with van der Waals surface area (Å²) in [5, 5.41) is 7.42. The summed E-state index contributed by atoms with van der Waals surface area (Å²) in [6.07, 6.45) is 2.71. The van der Waals surface area contributed by atoms with Crippen LogP contribution in [0.25, 0.3) is 0 Å². The predicted molar refractivity (Wildman–Crippen MR) is 107 cm³/mol. The number of pyridine rings is 1. The third kappa shape index (κ3) is 6.05. The van der Waals surface area contributed by atoms with Gasteiger partial charge in [0, 0.05) is 46.0 Å². The number of amides is 1. The number of carbonyl (C=O) groups is 1. The average Bonchev–Trinajstić information content (AvgIpc) is 3.05. The molecule has 1 aliphatic heterocycles. The first-order valence-electron chi connectivity index (χ1n) is 8.97. The Labute approximate surface area is 160 Å². The number of nitrogens with one attached hydrogen (secondary N) is 2. The van der Waals surface area contributed by atoms with E-state index >= 15 is 0 Å². The Balaban J connectivity index is 1.98. The lowest BCUT2D eigenvalue weighted by molar-refractivity contribution is -0.127. The minimum Gasteiger partial charge on any atom is -0.356 e. The topological polar surface area (TPSA) is 72.9 Å². The van der Waals surface area contributed by atoms with Crippen LogP contribution in [0.5, 0.6) is 0 Å². The highest BCUT2D eigenvalue weighted by molar-refractivity contribution is 6.32. The summed E-state index contributed by atoms with van der Waals surface area (Å²) in [4.78, 5) is 24.4. The molecule has 1 amide bonds. The third-order valence-corrected chi connectivity index (χ3v) is 4.41. The lowest BCUT2D eigenvalue weighted by Crippen LogP contribution is -2.46. The van der Waals surface area contributed by atoms with E-state index in [1.54, 1.807) is 25.2 Å². The van der Waals surface area contributed by atoms with Gasteiger partial charge in [0.15, 0.2) is 5.96 Å². The maximum absolute atomic E-state index is 11.8. The van der Waals surface area contributed by atoms with Crippen molar-refractivity contribution >= 4 is 29.3 Å². The largest absolute Gasteiger partial charge is 0.356 e. The minimum absolute atomic E-state index is 0.0241. The molecular weight excluding hydrogens is 352 g/mol. The van der Waals surface area contributed by atoms with E-state index in [0.717, 1.165) is 31.9 Å². The summed E-state index contributed by atoms with van der Waals surface area (Å²) in [5.41, 5.74) is 0. The Kier molecular flexibility index (Phi) is 7.50. The molecular formula is C18H29ClN6O.